The summed E-state index contributed by atoms with van der Waals surface area (Å²) in [6.07, 6.45) is 0. The van der Waals surface area contributed by atoms with Crippen LogP contribution in [0.15, 0.2) is 59.7 Å². The standard InChI is InChI=1S/C14H14N2O2/c1-2-18-14-10-8-12(9-11-14)15-16(17)13-6-4-3-5-7-13/h3-11H,2H2,1H3. The first kappa shape index (κ1) is 12.1. The summed E-state index contributed by atoms with van der Waals surface area (Å²) >= 11 is 0. The smallest absolute Gasteiger partial charge is 0.244 e. The molecule has 2 aromatic rings. The fraction of sp³-hybridized carbons (Fsp3) is 0.143. The Kier molecular flexibility index (Phi) is 3.91. The molecule has 0 spiro atoms. The molecule has 0 atom stereocenters. The van der Waals surface area contributed by atoms with Crippen molar-refractivity contribution in [2.75, 3.05) is 6.61 Å². The third-order valence-electron chi connectivity index (χ3n) is 2.33. The normalized spacial score (nSPS) is 11.3. The van der Waals surface area contributed by atoms with Gasteiger partial charge in [-0.25, -0.2) is 0 Å². The third kappa shape index (κ3) is 3.07. The summed E-state index contributed by atoms with van der Waals surface area (Å²) in [4.78, 5) is 0.607. The van der Waals surface area contributed by atoms with E-state index in [-0.39, 0.29) is 0 Å². The summed E-state index contributed by atoms with van der Waals surface area (Å²) in [5.74, 6) is 0.772. The lowest BCUT2D eigenvalue weighted by Gasteiger charge is -2.02. The first-order chi connectivity index (χ1) is 8.79. The molecule has 0 aromatic heterocycles. The lowest BCUT2D eigenvalue weighted by atomic mass is 10.3. The predicted molar refractivity (Wildman–Crippen MR) is 69.4 cm³/mol. The van der Waals surface area contributed by atoms with E-state index in [0.717, 1.165) is 5.75 Å². The fourth-order valence-corrected chi connectivity index (χ4v) is 1.49. The minimum Gasteiger partial charge on any atom is -0.594 e. The highest BCUT2D eigenvalue weighted by atomic mass is 16.5. The highest BCUT2D eigenvalue weighted by molar-refractivity contribution is 5.40. The Balaban J connectivity index is 2.17. The van der Waals surface area contributed by atoms with Crippen LogP contribution >= 0.6 is 0 Å². The van der Waals surface area contributed by atoms with Crippen molar-refractivity contribution in [2.24, 2.45) is 5.11 Å². The van der Waals surface area contributed by atoms with Crippen LogP contribution in [0.3, 0.4) is 0 Å². The average molecular weight is 242 g/mol. The SMILES string of the molecule is CCOc1ccc(N=[N+]([O-])c2ccccc2)cc1. The molecule has 0 aliphatic rings. The first-order valence-corrected chi connectivity index (χ1v) is 5.76. The average Bonchev–Trinajstić information content (AvgIpc) is 2.42. The van der Waals surface area contributed by atoms with Crippen molar-refractivity contribution in [1.29, 1.82) is 0 Å². The van der Waals surface area contributed by atoms with Crippen LogP contribution < -0.4 is 4.74 Å². The van der Waals surface area contributed by atoms with Gasteiger partial charge in [0.2, 0.25) is 5.69 Å². The van der Waals surface area contributed by atoms with E-state index < -0.39 is 0 Å². The summed E-state index contributed by atoms with van der Waals surface area (Å²) in [6, 6.07) is 16.0. The minimum atomic E-state index is 0.506. The molecule has 92 valence electrons. The van der Waals surface area contributed by atoms with Gasteiger partial charge < -0.3 is 9.94 Å². The van der Waals surface area contributed by atoms with Crippen molar-refractivity contribution in [3.63, 3.8) is 0 Å². The van der Waals surface area contributed by atoms with Crippen LogP contribution in [0.4, 0.5) is 11.4 Å². The van der Waals surface area contributed by atoms with Crippen LogP contribution in [0, 0.1) is 5.21 Å². The molecule has 0 saturated carbocycles. The lowest BCUT2D eigenvalue weighted by molar-refractivity contribution is -0.435. The van der Waals surface area contributed by atoms with Crippen LogP contribution in [0.1, 0.15) is 6.92 Å². The number of rotatable bonds is 4. The van der Waals surface area contributed by atoms with Gasteiger partial charge in [-0.3, -0.25) is 0 Å². The van der Waals surface area contributed by atoms with Crippen LogP contribution in [-0.2, 0) is 0 Å². The molecule has 0 aliphatic heterocycles. The van der Waals surface area contributed by atoms with Gasteiger partial charge in [0.1, 0.15) is 11.4 Å². The third-order valence-corrected chi connectivity index (χ3v) is 2.33. The summed E-state index contributed by atoms with van der Waals surface area (Å²) in [5, 5.41) is 15.7. The van der Waals surface area contributed by atoms with Gasteiger partial charge >= 0.3 is 0 Å². The van der Waals surface area contributed by atoms with Gasteiger partial charge in [-0.05, 0) is 31.2 Å². The van der Waals surface area contributed by atoms with Crippen molar-refractivity contribution in [1.82, 2.24) is 0 Å². The Bertz CT molecular complexity index is 521. The molecule has 0 saturated heterocycles. The molecule has 0 heterocycles. The van der Waals surface area contributed by atoms with Crippen molar-refractivity contribution >= 4 is 11.4 Å². The molecule has 0 amide bonds. The molecule has 0 unspecified atom stereocenters. The van der Waals surface area contributed by atoms with E-state index in [9.17, 15) is 5.21 Å². The highest BCUT2D eigenvalue weighted by Gasteiger charge is 2.02. The van der Waals surface area contributed by atoms with E-state index in [1.807, 2.05) is 13.0 Å². The van der Waals surface area contributed by atoms with Gasteiger partial charge in [-0.2, -0.15) is 0 Å². The topological polar surface area (TPSA) is 47.7 Å². The van der Waals surface area contributed by atoms with E-state index in [0.29, 0.717) is 22.8 Å². The van der Waals surface area contributed by atoms with E-state index in [1.54, 1.807) is 48.5 Å². The van der Waals surface area contributed by atoms with Gasteiger partial charge in [0.25, 0.3) is 0 Å². The molecule has 4 nitrogen and oxygen atoms in total. The number of ether oxygens (including phenoxy) is 1. The number of nitrogens with zero attached hydrogens (tertiary/aromatic N) is 2. The molecule has 2 rings (SSSR count). The molecule has 0 bridgehead atoms. The zero-order chi connectivity index (χ0) is 12.8. The van der Waals surface area contributed by atoms with E-state index >= 15 is 0 Å². The summed E-state index contributed by atoms with van der Waals surface area (Å²) in [7, 11) is 0. The lowest BCUT2D eigenvalue weighted by Crippen LogP contribution is -1.91. The molecule has 18 heavy (non-hydrogen) atoms. The zero-order valence-electron chi connectivity index (χ0n) is 10.1. The van der Waals surface area contributed by atoms with Gasteiger partial charge in [0.05, 0.1) is 6.61 Å². The Morgan fingerprint density at radius 1 is 1.06 bits per heavy atom. The maximum Gasteiger partial charge on any atom is 0.244 e. The van der Waals surface area contributed by atoms with Gasteiger partial charge in [-0.1, -0.05) is 23.1 Å². The van der Waals surface area contributed by atoms with Crippen LogP contribution in [0.25, 0.3) is 0 Å². The van der Waals surface area contributed by atoms with Gasteiger partial charge in [0.15, 0.2) is 0 Å². The van der Waals surface area contributed by atoms with Crippen LogP contribution in [-0.4, -0.2) is 11.5 Å². The second kappa shape index (κ2) is 5.82. The second-order valence-corrected chi connectivity index (χ2v) is 3.64. The first-order valence-electron chi connectivity index (χ1n) is 5.76. The monoisotopic (exact) mass is 242 g/mol. The molecular formula is C14H14N2O2. The second-order valence-electron chi connectivity index (χ2n) is 3.64. The van der Waals surface area contributed by atoms with Gasteiger partial charge in [-0.15, -0.1) is 0 Å². The Labute approximate surface area is 106 Å². The molecule has 0 radical (unpaired) electrons. The van der Waals surface area contributed by atoms with Gasteiger partial charge in [0, 0.05) is 17.2 Å². The summed E-state index contributed by atoms with van der Waals surface area (Å²) in [6.45, 7) is 2.54. The quantitative estimate of drug-likeness (QED) is 0.462. The van der Waals surface area contributed by atoms with E-state index in [1.165, 1.54) is 0 Å². The number of para-hydroxylation sites is 1. The maximum atomic E-state index is 11.7. The van der Waals surface area contributed by atoms with Crippen molar-refractivity contribution in [3.8, 4) is 5.75 Å². The molecule has 4 heteroatoms. The molecule has 2 aromatic carbocycles. The highest BCUT2D eigenvalue weighted by Crippen LogP contribution is 2.20. The molecule has 0 N–H and O–H groups in total. The maximum absolute atomic E-state index is 11.7. The molecule has 0 fully saturated rings. The van der Waals surface area contributed by atoms with E-state index in [4.69, 9.17) is 4.74 Å². The van der Waals surface area contributed by atoms with Crippen molar-refractivity contribution < 1.29 is 9.60 Å². The van der Waals surface area contributed by atoms with Crippen LogP contribution in [0.2, 0.25) is 0 Å². The number of hydrogen-bond donors (Lipinski definition) is 0. The largest absolute Gasteiger partial charge is 0.594 e. The number of hydrogen-bond acceptors (Lipinski definition) is 3. The molecule has 0 aliphatic carbocycles. The minimum absolute atomic E-state index is 0.506. The fourth-order valence-electron chi connectivity index (χ4n) is 1.49. The van der Waals surface area contributed by atoms with Crippen molar-refractivity contribution in [2.45, 2.75) is 6.92 Å². The summed E-state index contributed by atoms with van der Waals surface area (Å²) < 4.78 is 5.32. The number of azo groups is 1. The Morgan fingerprint density at radius 2 is 1.72 bits per heavy atom. The Hall–Kier alpha value is -2.36. The van der Waals surface area contributed by atoms with Crippen LogP contribution in [0.5, 0.6) is 5.75 Å². The molecular weight excluding hydrogens is 228 g/mol. The Morgan fingerprint density at radius 3 is 2.33 bits per heavy atom. The van der Waals surface area contributed by atoms with Crippen molar-refractivity contribution in [3.05, 3.63) is 59.8 Å². The van der Waals surface area contributed by atoms with E-state index in [2.05, 4.69) is 5.11 Å². The summed E-state index contributed by atoms with van der Waals surface area (Å²) in [5.41, 5.74) is 1.10. The predicted octanol–water partition coefficient (Wildman–Crippen LogP) is 4.01. The number of benzene rings is 2. The zero-order valence-corrected chi connectivity index (χ0v) is 10.1.